The molecule has 0 aromatic carbocycles. The van der Waals surface area contributed by atoms with E-state index in [0.29, 0.717) is 12.8 Å². The van der Waals surface area contributed by atoms with Gasteiger partial charge in [-0.05, 0) is 6.42 Å². The molecule has 1 aromatic heterocycles. The molecular formula is C12H18F3N5O. The maximum absolute atomic E-state index is 12.6. The van der Waals surface area contributed by atoms with Crippen LogP contribution in [0.15, 0.2) is 6.20 Å². The van der Waals surface area contributed by atoms with Gasteiger partial charge in [-0.25, -0.2) is 4.68 Å². The molecular weight excluding hydrogens is 287 g/mol. The van der Waals surface area contributed by atoms with Crippen molar-refractivity contribution in [1.82, 2.24) is 25.2 Å². The number of nitrogens with zero attached hydrogens (tertiary/aromatic N) is 4. The molecule has 1 aliphatic rings. The quantitative estimate of drug-likeness (QED) is 0.858. The minimum absolute atomic E-state index is 0.0396. The molecule has 0 unspecified atom stereocenters. The number of halogens is 3. The zero-order valence-corrected chi connectivity index (χ0v) is 11.7. The van der Waals surface area contributed by atoms with Crippen molar-refractivity contribution in [2.75, 3.05) is 26.2 Å². The smallest absolute Gasteiger partial charge is 0.328 e. The molecule has 21 heavy (non-hydrogen) atoms. The number of aromatic nitrogens is 3. The first-order valence-electron chi connectivity index (χ1n) is 6.89. The first-order valence-corrected chi connectivity index (χ1v) is 6.89. The Bertz CT molecular complexity index is 483. The van der Waals surface area contributed by atoms with Gasteiger partial charge in [0, 0.05) is 19.6 Å². The minimum atomic E-state index is -4.42. The van der Waals surface area contributed by atoms with Crippen LogP contribution in [-0.2, 0) is 0 Å². The second kappa shape index (κ2) is 6.42. The average Bonchev–Trinajstić information content (AvgIpc) is 2.79. The Labute approximate surface area is 120 Å². The number of rotatable bonds is 6. The Morgan fingerprint density at radius 2 is 2.24 bits per heavy atom. The van der Waals surface area contributed by atoms with Crippen molar-refractivity contribution in [3.8, 4) is 0 Å². The molecule has 1 aliphatic heterocycles. The maximum atomic E-state index is 12.6. The van der Waals surface area contributed by atoms with Crippen LogP contribution in [0.3, 0.4) is 0 Å². The van der Waals surface area contributed by atoms with Gasteiger partial charge in [0.05, 0.1) is 12.2 Å². The highest BCUT2D eigenvalue weighted by Gasteiger charge is 2.34. The van der Waals surface area contributed by atoms with E-state index in [2.05, 4.69) is 15.6 Å². The number of amides is 1. The first kappa shape index (κ1) is 15.7. The topological polar surface area (TPSA) is 63.1 Å². The van der Waals surface area contributed by atoms with Crippen LogP contribution in [0.5, 0.6) is 0 Å². The van der Waals surface area contributed by atoms with Gasteiger partial charge in [-0.15, -0.1) is 5.10 Å². The number of alkyl halides is 3. The second-order valence-electron chi connectivity index (χ2n) is 5.09. The molecule has 0 saturated carbocycles. The molecule has 0 radical (unpaired) electrons. The molecule has 1 saturated heterocycles. The van der Waals surface area contributed by atoms with Gasteiger partial charge in [-0.3, -0.25) is 4.79 Å². The highest BCUT2D eigenvalue weighted by atomic mass is 19.4. The van der Waals surface area contributed by atoms with E-state index in [9.17, 15) is 18.0 Å². The zero-order chi connectivity index (χ0) is 15.5. The lowest BCUT2D eigenvalue weighted by Gasteiger charge is -2.26. The SMILES string of the molecule is CCCCN(CC(F)(F)F)C(=O)c1cn(C2CNC2)nn1. The van der Waals surface area contributed by atoms with Crippen LogP contribution >= 0.6 is 0 Å². The summed E-state index contributed by atoms with van der Waals surface area (Å²) in [5, 5.41) is 10.6. The monoisotopic (exact) mass is 305 g/mol. The average molecular weight is 305 g/mol. The first-order chi connectivity index (χ1) is 9.90. The normalized spacial score (nSPS) is 15.8. The van der Waals surface area contributed by atoms with Gasteiger partial charge in [0.25, 0.3) is 5.91 Å². The molecule has 118 valence electrons. The summed E-state index contributed by atoms with van der Waals surface area (Å²) in [7, 11) is 0. The molecule has 2 heterocycles. The molecule has 1 fully saturated rings. The number of unbranched alkanes of at least 4 members (excludes halogenated alkanes) is 1. The summed E-state index contributed by atoms with van der Waals surface area (Å²) in [6, 6.07) is 0.116. The molecule has 0 bridgehead atoms. The number of hydrogen-bond donors (Lipinski definition) is 1. The zero-order valence-electron chi connectivity index (χ0n) is 11.7. The van der Waals surface area contributed by atoms with Gasteiger partial charge in [0.1, 0.15) is 6.54 Å². The van der Waals surface area contributed by atoms with Crippen LogP contribution in [0.1, 0.15) is 36.3 Å². The molecule has 1 amide bonds. The van der Waals surface area contributed by atoms with Gasteiger partial charge < -0.3 is 10.2 Å². The van der Waals surface area contributed by atoms with Crippen molar-refractivity contribution in [2.45, 2.75) is 32.0 Å². The molecule has 0 atom stereocenters. The van der Waals surface area contributed by atoms with Crippen LogP contribution in [0.4, 0.5) is 13.2 Å². The summed E-state index contributed by atoms with van der Waals surface area (Å²) in [6.45, 7) is 2.10. The largest absolute Gasteiger partial charge is 0.406 e. The fraction of sp³-hybridized carbons (Fsp3) is 0.750. The molecule has 0 aliphatic carbocycles. The van der Waals surface area contributed by atoms with Crippen LogP contribution in [-0.4, -0.2) is 58.2 Å². The summed E-state index contributed by atoms with van der Waals surface area (Å²) >= 11 is 0. The molecule has 2 rings (SSSR count). The van der Waals surface area contributed by atoms with Crippen molar-refractivity contribution in [2.24, 2.45) is 0 Å². The van der Waals surface area contributed by atoms with E-state index in [4.69, 9.17) is 0 Å². The highest BCUT2D eigenvalue weighted by Crippen LogP contribution is 2.18. The Kier molecular flexibility index (Phi) is 4.81. The Balaban J connectivity index is 2.06. The summed E-state index contributed by atoms with van der Waals surface area (Å²) in [5.41, 5.74) is -0.0396. The van der Waals surface area contributed by atoms with Gasteiger partial charge >= 0.3 is 6.18 Å². The molecule has 1 aromatic rings. The lowest BCUT2D eigenvalue weighted by Crippen LogP contribution is -2.43. The van der Waals surface area contributed by atoms with E-state index in [1.165, 1.54) is 10.9 Å². The van der Waals surface area contributed by atoms with Crippen molar-refractivity contribution < 1.29 is 18.0 Å². The fourth-order valence-electron chi connectivity index (χ4n) is 1.99. The number of hydrogen-bond acceptors (Lipinski definition) is 4. The lowest BCUT2D eigenvalue weighted by atomic mass is 10.2. The lowest BCUT2D eigenvalue weighted by molar-refractivity contribution is -0.140. The van der Waals surface area contributed by atoms with Crippen molar-refractivity contribution in [3.05, 3.63) is 11.9 Å². The number of nitrogens with one attached hydrogen (secondary N) is 1. The third-order valence-corrected chi connectivity index (χ3v) is 3.30. The van der Waals surface area contributed by atoms with Crippen molar-refractivity contribution >= 4 is 5.91 Å². The third kappa shape index (κ3) is 4.16. The van der Waals surface area contributed by atoms with E-state index in [0.717, 1.165) is 18.0 Å². The standard InChI is InChI=1S/C12H18F3N5O/c1-2-3-4-19(8-12(13,14)15)11(21)10-7-20(18-17-10)9-5-16-6-9/h7,9,16H,2-6,8H2,1H3. The van der Waals surface area contributed by atoms with Crippen LogP contribution < -0.4 is 5.32 Å². The van der Waals surface area contributed by atoms with E-state index >= 15 is 0 Å². The molecule has 0 spiro atoms. The molecule has 6 nitrogen and oxygen atoms in total. The van der Waals surface area contributed by atoms with Gasteiger partial charge in [0.2, 0.25) is 0 Å². The Hall–Kier alpha value is -1.64. The third-order valence-electron chi connectivity index (χ3n) is 3.30. The summed E-state index contributed by atoms with van der Waals surface area (Å²) in [6.07, 6.45) is -1.77. The summed E-state index contributed by atoms with van der Waals surface area (Å²) in [4.78, 5) is 13.0. The van der Waals surface area contributed by atoms with Crippen LogP contribution in [0, 0.1) is 0 Å². The Morgan fingerprint density at radius 1 is 1.52 bits per heavy atom. The summed E-state index contributed by atoms with van der Waals surface area (Å²) < 4.78 is 39.2. The minimum Gasteiger partial charge on any atom is -0.328 e. The summed E-state index contributed by atoms with van der Waals surface area (Å²) in [5.74, 6) is -0.723. The Morgan fingerprint density at radius 3 is 2.76 bits per heavy atom. The number of carbonyl (C=O) groups excluding carboxylic acids is 1. The van der Waals surface area contributed by atoms with Crippen molar-refractivity contribution in [3.63, 3.8) is 0 Å². The fourth-order valence-corrected chi connectivity index (χ4v) is 1.99. The predicted octanol–water partition coefficient (Wildman–Crippen LogP) is 1.23. The van der Waals surface area contributed by atoms with Gasteiger partial charge in [-0.1, -0.05) is 18.6 Å². The molecule has 9 heteroatoms. The van der Waals surface area contributed by atoms with Crippen LogP contribution in [0.25, 0.3) is 0 Å². The van der Waals surface area contributed by atoms with E-state index < -0.39 is 18.6 Å². The molecule has 1 N–H and O–H groups in total. The van der Waals surface area contributed by atoms with E-state index in [-0.39, 0.29) is 18.3 Å². The van der Waals surface area contributed by atoms with Gasteiger partial charge in [0.15, 0.2) is 5.69 Å². The predicted molar refractivity (Wildman–Crippen MR) is 68.8 cm³/mol. The number of carbonyl (C=O) groups is 1. The van der Waals surface area contributed by atoms with E-state index in [1.807, 2.05) is 6.92 Å². The highest BCUT2D eigenvalue weighted by molar-refractivity contribution is 5.92. The van der Waals surface area contributed by atoms with E-state index in [1.54, 1.807) is 0 Å². The second-order valence-corrected chi connectivity index (χ2v) is 5.09. The maximum Gasteiger partial charge on any atom is 0.406 e. The van der Waals surface area contributed by atoms with Crippen LogP contribution in [0.2, 0.25) is 0 Å². The van der Waals surface area contributed by atoms with Gasteiger partial charge in [-0.2, -0.15) is 13.2 Å². The van der Waals surface area contributed by atoms with Crippen molar-refractivity contribution in [1.29, 1.82) is 0 Å².